The third-order valence-electron chi connectivity index (χ3n) is 4.83. The van der Waals surface area contributed by atoms with Gasteiger partial charge < -0.3 is 13.9 Å². The first-order chi connectivity index (χ1) is 14.9. The summed E-state index contributed by atoms with van der Waals surface area (Å²) in [5, 5.41) is 0. The number of carbonyl (C=O) groups excluding carboxylic acids is 1. The van der Waals surface area contributed by atoms with E-state index in [0.29, 0.717) is 32.1 Å². The SMILES string of the molecule is COc1ccc([C@H]2C(C(=O)OC(C)C)=C(C)N=c3s/c(=C\c4ccco4)c(=O)n32)cc1. The second kappa shape index (κ2) is 8.39. The van der Waals surface area contributed by atoms with Crippen molar-refractivity contribution in [3.63, 3.8) is 0 Å². The van der Waals surface area contributed by atoms with Crippen molar-refractivity contribution in [1.29, 1.82) is 0 Å². The molecule has 1 atom stereocenters. The maximum absolute atomic E-state index is 13.4. The van der Waals surface area contributed by atoms with Crippen LogP contribution in [0.25, 0.3) is 6.08 Å². The molecule has 7 nitrogen and oxygen atoms in total. The monoisotopic (exact) mass is 438 g/mol. The number of thiazole rings is 1. The van der Waals surface area contributed by atoms with Crippen molar-refractivity contribution in [1.82, 2.24) is 4.57 Å². The summed E-state index contributed by atoms with van der Waals surface area (Å²) in [6.45, 7) is 5.33. The first-order valence-corrected chi connectivity index (χ1v) is 10.6. The first kappa shape index (κ1) is 20.9. The third-order valence-corrected chi connectivity index (χ3v) is 5.82. The second-order valence-corrected chi connectivity index (χ2v) is 8.33. The van der Waals surface area contributed by atoms with Gasteiger partial charge in [0.1, 0.15) is 11.5 Å². The first-order valence-electron chi connectivity index (χ1n) is 9.80. The number of furan rings is 1. The summed E-state index contributed by atoms with van der Waals surface area (Å²) in [4.78, 5) is 31.5. The number of esters is 1. The van der Waals surface area contributed by atoms with Crippen molar-refractivity contribution in [3.8, 4) is 5.75 Å². The number of methoxy groups -OCH3 is 1. The Hall–Kier alpha value is -3.39. The van der Waals surface area contributed by atoms with Crippen LogP contribution in [-0.4, -0.2) is 23.8 Å². The van der Waals surface area contributed by atoms with E-state index >= 15 is 0 Å². The molecule has 0 N–H and O–H groups in total. The maximum atomic E-state index is 13.4. The van der Waals surface area contributed by atoms with Crippen LogP contribution in [0, 0.1) is 0 Å². The van der Waals surface area contributed by atoms with Crippen molar-refractivity contribution >= 4 is 23.4 Å². The zero-order valence-electron chi connectivity index (χ0n) is 17.6. The van der Waals surface area contributed by atoms with E-state index < -0.39 is 12.0 Å². The molecule has 2 aromatic heterocycles. The zero-order valence-corrected chi connectivity index (χ0v) is 18.4. The fourth-order valence-electron chi connectivity index (χ4n) is 3.46. The highest BCUT2D eigenvalue weighted by molar-refractivity contribution is 7.07. The summed E-state index contributed by atoms with van der Waals surface area (Å²) < 4.78 is 18.1. The molecule has 0 radical (unpaired) electrons. The van der Waals surface area contributed by atoms with Crippen LogP contribution in [0.5, 0.6) is 5.75 Å². The highest BCUT2D eigenvalue weighted by Crippen LogP contribution is 2.31. The van der Waals surface area contributed by atoms with Crippen LogP contribution in [0.1, 0.15) is 38.1 Å². The molecule has 0 bridgehead atoms. The predicted octanol–water partition coefficient (Wildman–Crippen LogP) is 2.79. The summed E-state index contributed by atoms with van der Waals surface area (Å²) in [5.41, 5.74) is 1.38. The molecule has 0 fully saturated rings. The van der Waals surface area contributed by atoms with E-state index in [9.17, 15) is 9.59 Å². The Balaban J connectivity index is 1.94. The van der Waals surface area contributed by atoms with Gasteiger partial charge in [-0.25, -0.2) is 9.79 Å². The Labute approximate surface area is 182 Å². The van der Waals surface area contributed by atoms with Gasteiger partial charge in [-0.3, -0.25) is 9.36 Å². The van der Waals surface area contributed by atoms with Crippen molar-refractivity contribution in [2.24, 2.45) is 4.99 Å². The summed E-state index contributed by atoms with van der Waals surface area (Å²) in [6, 6.07) is 10.2. The number of ether oxygens (including phenoxy) is 2. The number of hydrogen-bond acceptors (Lipinski definition) is 7. The van der Waals surface area contributed by atoms with Crippen molar-refractivity contribution in [2.75, 3.05) is 7.11 Å². The van der Waals surface area contributed by atoms with Crippen LogP contribution in [-0.2, 0) is 9.53 Å². The fourth-order valence-corrected chi connectivity index (χ4v) is 4.49. The van der Waals surface area contributed by atoms with Gasteiger partial charge in [-0.05, 0) is 50.6 Å². The molecule has 0 spiro atoms. The van der Waals surface area contributed by atoms with Crippen molar-refractivity contribution in [3.05, 3.63) is 84.9 Å². The molecule has 3 aromatic rings. The maximum Gasteiger partial charge on any atom is 0.338 e. The minimum absolute atomic E-state index is 0.247. The van der Waals surface area contributed by atoms with Gasteiger partial charge in [0.15, 0.2) is 4.80 Å². The van der Waals surface area contributed by atoms with Gasteiger partial charge in [-0.1, -0.05) is 23.5 Å². The standard InChI is InChI=1S/C23H22N2O5S/c1-13(2)30-22(27)19-14(3)24-23-25(20(19)15-7-9-16(28-4)10-8-15)21(26)18(31-23)12-17-6-5-11-29-17/h5-13,20H,1-4H3/b18-12-/t20-/m0/s1. The molecule has 0 saturated carbocycles. The molecule has 160 valence electrons. The van der Waals surface area contributed by atoms with Gasteiger partial charge in [-0.15, -0.1) is 0 Å². The van der Waals surface area contributed by atoms with Gasteiger partial charge in [0.25, 0.3) is 5.56 Å². The van der Waals surface area contributed by atoms with Gasteiger partial charge in [0.05, 0.1) is 41.3 Å². The number of aromatic nitrogens is 1. The van der Waals surface area contributed by atoms with Crippen LogP contribution in [0.15, 0.2) is 68.1 Å². The van der Waals surface area contributed by atoms with Crippen molar-refractivity contribution < 1.29 is 18.7 Å². The van der Waals surface area contributed by atoms with E-state index in [4.69, 9.17) is 13.9 Å². The van der Waals surface area contributed by atoms with E-state index in [2.05, 4.69) is 4.99 Å². The van der Waals surface area contributed by atoms with Gasteiger partial charge in [0, 0.05) is 6.08 Å². The highest BCUT2D eigenvalue weighted by atomic mass is 32.1. The molecule has 4 rings (SSSR count). The zero-order chi connectivity index (χ0) is 22.1. The van der Waals surface area contributed by atoms with Crippen LogP contribution in [0.4, 0.5) is 0 Å². The van der Waals surface area contributed by atoms with E-state index in [1.165, 1.54) is 11.3 Å². The number of carbonyl (C=O) groups is 1. The van der Waals surface area contributed by atoms with Gasteiger partial charge in [0.2, 0.25) is 0 Å². The molecular weight excluding hydrogens is 416 g/mol. The molecule has 0 amide bonds. The number of fused-ring (bicyclic) bond motifs is 1. The number of nitrogens with zero attached hydrogens (tertiary/aromatic N) is 2. The fraction of sp³-hybridized carbons (Fsp3) is 0.261. The Morgan fingerprint density at radius 1 is 1.26 bits per heavy atom. The summed E-state index contributed by atoms with van der Waals surface area (Å²) in [6.07, 6.45) is 2.93. The number of hydrogen-bond donors (Lipinski definition) is 0. The Morgan fingerprint density at radius 2 is 2.00 bits per heavy atom. The number of rotatable bonds is 5. The largest absolute Gasteiger partial charge is 0.497 e. The van der Waals surface area contributed by atoms with Crippen molar-refractivity contribution in [2.45, 2.75) is 32.9 Å². The molecule has 8 heteroatoms. The Kier molecular flexibility index (Phi) is 5.65. The lowest BCUT2D eigenvalue weighted by Crippen LogP contribution is -2.40. The molecule has 1 aromatic carbocycles. The average molecular weight is 439 g/mol. The van der Waals surface area contributed by atoms with Crippen LogP contribution in [0.2, 0.25) is 0 Å². The van der Waals surface area contributed by atoms with Gasteiger partial charge >= 0.3 is 5.97 Å². The molecule has 1 aliphatic heterocycles. The molecule has 0 aliphatic carbocycles. The highest BCUT2D eigenvalue weighted by Gasteiger charge is 2.33. The Bertz CT molecular complexity index is 1310. The van der Waals surface area contributed by atoms with Crippen LogP contribution in [0.3, 0.4) is 0 Å². The lowest BCUT2D eigenvalue weighted by atomic mass is 9.96. The van der Waals surface area contributed by atoms with Gasteiger partial charge in [-0.2, -0.15) is 0 Å². The minimum atomic E-state index is -0.660. The third kappa shape index (κ3) is 3.98. The summed E-state index contributed by atoms with van der Waals surface area (Å²) >= 11 is 1.25. The average Bonchev–Trinajstić information content (AvgIpc) is 3.35. The number of benzene rings is 1. The van der Waals surface area contributed by atoms with E-state index in [0.717, 1.165) is 5.56 Å². The molecule has 0 unspecified atom stereocenters. The van der Waals surface area contributed by atoms with Crippen LogP contribution < -0.4 is 19.6 Å². The second-order valence-electron chi connectivity index (χ2n) is 7.32. The molecule has 31 heavy (non-hydrogen) atoms. The molecular formula is C23H22N2O5S. The predicted molar refractivity (Wildman–Crippen MR) is 117 cm³/mol. The smallest absolute Gasteiger partial charge is 0.338 e. The lowest BCUT2D eigenvalue weighted by molar-refractivity contribution is -0.143. The quantitative estimate of drug-likeness (QED) is 0.572. The summed E-state index contributed by atoms with van der Waals surface area (Å²) in [5.74, 6) is 0.764. The molecule has 1 aliphatic rings. The topological polar surface area (TPSA) is 83.0 Å². The van der Waals surface area contributed by atoms with E-state index in [-0.39, 0.29) is 11.7 Å². The minimum Gasteiger partial charge on any atom is -0.497 e. The summed E-state index contributed by atoms with van der Waals surface area (Å²) in [7, 11) is 1.59. The number of allylic oxidation sites excluding steroid dienone is 1. The van der Waals surface area contributed by atoms with Crippen LogP contribution >= 0.6 is 11.3 Å². The van der Waals surface area contributed by atoms with E-state index in [1.54, 1.807) is 69.1 Å². The lowest BCUT2D eigenvalue weighted by Gasteiger charge is -2.25. The normalized spacial score (nSPS) is 16.3. The van der Waals surface area contributed by atoms with E-state index in [1.807, 2.05) is 12.1 Å². The molecule has 3 heterocycles. The Morgan fingerprint density at radius 3 is 2.61 bits per heavy atom. The molecule has 0 saturated heterocycles.